The number of nitrogen functional groups attached to an aromatic ring is 1. The van der Waals surface area contributed by atoms with E-state index in [-0.39, 0.29) is 5.82 Å². The van der Waals surface area contributed by atoms with Crippen LogP contribution in [0, 0.1) is 5.82 Å². The third-order valence-electron chi connectivity index (χ3n) is 2.47. The fraction of sp³-hybridized carbons (Fsp3) is 0.231. The maximum absolute atomic E-state index is 13.2. The van der Waals surface area contributed by atoms with Crippen molar-refractivity contribution in [3.05, 3.63) is 40.9 Å². The van der Waals surface area contributed by atoms with Crippen LogP contribution in [0.1, 0.15) is 19.2 Å². The van der Waals surface area contributed by atoms with Gasteiger partial charge in [0.25, 0.3) is 0 Å². The van der Waals surface area contributed by atoms with E-state index in [4.69, 9.17) is 17.3 Å². The van der Waals surface area contributed by atoms with E-state index in [1.807, 2.05) is 6.92 Å². The Bertz CT molecular complexity index is 572. The minimum absolute atomic E-state index is 0.358. The van der Waals surface area contributed by atoms with Gasteiger partial charge in [-0.25, -0.2) is 14.4 Å². The van der Waals surface area contributed by atoms with E-state index in [9.17, 15) is 4.39 Å². The first-order chi connectivity index (χ1) is 8.60. The molecular formula is C13H13ClFN3. The van der Waals surface area contributed by atoms with Crippen molar-refractivity contribution >= 4 is 17.4 Å². The van der Waals surface area contributed by atoms with Crippen molar-refractivity contribution in [2.45, 2.75) is 19.8 Å². The fourth-order valence-electron chi connectivity index (χ4n) is 1.68. The van der Waals surface area contributed by atoms with Gasteiger partial charge in [0.05, 0.1) is 10.7 Å². The van der Waals surface area contributed by atoms with Crippen LogP contribution >= 0.6 is 11.6 Å². The molecule has 0 saturated heterocycles. The summed E-state index contributed by atoms with van der Waals surface area (Å²) in [4.78, 5) is 8.48. The van der Waals surface area contributed by atoms with Crippen molar-refractivity contribution in [3.63, 3.8) is 0 Å². The molecule has 94 valence electrons. The van der Waals surface area contributed by atoms with Gasteiger partial charge in [0.15, 0.2) is 0 Å². The average molecular weight is 266 g/mol. The maximum atomic E-state index is 13.2. The summed E-state index contributed by atoms with van der Waals surface area (Å²) in [5.74, 6) is 0.653. The number of aryl methyl sites for hydroxylation is 1. The first-order valence-corrected chi connectivity index (χ1v) is 6.07. The molecule has 3 nitrogen and oxygen atoms in total. The molecular weight excluding hydrogens is 253 g/mol. The van der Waals surface area contributed by atoms with Crippen LogP contribution in [0.3, 0.4) is 0 Å². The van der Waals surface area contributed by atoms with Crippen molar-refractivity contribution in [2.24, 2.45) is 0 Å². The predicted octanol–water partition coefficient (Wildman–Crippen LogP) is 3.47. The fourth-order valence-corrected chi connectivity index (χ4v) is 1.90. The van der Waals surface area contributed by atoms with Gasteiger partial charge < -0.3 is 5.73 Å². The molecule has 0 radical (unpaired) electrons. The van der Waals surface area contributed by atoms with Crippen molar-refractivity contribution in [1.82, 2.24) is 9.97 Å². The summed E-state index contributed by atoms with van der Waals surface area (Å²) in [7, 11) is 0. The molecule has 0 fully saturated rings. The van der Waals surface area contributed by atoms with E-state index in [0.717, 1.165) is 12.8 Å². The quantitative estimate of drug-likeness (QED) is 0.924. The molecule has 0 saturated carbocycles. The summed E-state index contributed by atoms with van der Waals surface area (Å²) in [5.41, 5.74) is 6.81. The Balaban J connectivity index is 2.52. The Labute approximate surface area is 110 Å². The zero-order chi connectivity index (χ0) is 13.1. The minimum atomic E-state index is -0.358. The molecule has 0 bridgehead atoms. The van der Waals surface area contributed by atoms with Gasteiger partial charge in [0.2, 0.25) is 0 Å². The number of hydrogen-bond donors (Lipinski definition) is 1. The van der Waals surface area contributed by atoms with Crippen LogP contribution in [0.2, 0.25) is 5.02 Å². The SMILES string of the molecule is CCCc1nc(N)cc(-c2cc(F)ccc2Cl)n1. The van der Waals surface area contributed by atoms with E-state index in [1.165, 1.54) is 18.2 Å². The molecule has 2 aromatic rings. The van der Waals surface area contributed by atoms with Crippen LogP contribution in [-0.4, -0.2) is 9.97 Å². The number of rotatable bonds is 3. The van der Waals surface area contributed by atoms with Crippen LogP contribution in [0.4, 0.5) is 10.2 Å². The number of benzene rings is 1. The third kappa shape index (κ3) is 2.76. The number of halogens is 2. The Morgan fingerprint density at radius 3 is 2.78 bits per heavy atom. The topological polar surface area (TPSA) is 51.8 Å². The largest absolute Gasteiger partial charge is 0.384 e. The highest BCUT2D eigenvalue weighted by molar-refractivity contribution is 6.33. The van der Waals surface area contributed by atoms with Crippen LogP contribution in [0.5, 0.6) is 0 Å². The van der Waals surface area contributed by atoms with E-state index in [0.29, 0.717) is 27.9 Å². The number of nitrogens with two attached hydrogens (primary N) is 1. The highest BCUT2D eigenvalue weighted by Crippen LogP contribution is 2.28. The van der Waals surface area contributed by atoms with E-state index in [2.05, 4.69) is 9.97 Å². The molecule has 1 aromatic heterocycles. The average Bonchev–Trinajstić information content (AvgIpc) is 2.32. The predicted molar refractivity (Wildman–Crippen MR) is 70.8 cm³/mol. The van der Waals surface area contributed by atoms with Gasteiger partial charge in [-0.05, 0) is 24.6 Å². The molecule has 2 rings (SSSR count). The third-order valence-corrected chi connectivity index (χ3v) is 2.80. The highest BCUT2D eigenvalue weighted by Gasteiger charge is 2.09. The first-order valence-electron chi connectivity index (χ1n) is 5.69. The zero-order valence-electron chi connectivity index (χ0n) is 9.95. The molecule has 0 amide bonds. The molecule has 2 N–H and O–H groups in total. The van der Waals surface area contributed by atoms with E-state index in [1.54, 1.807) is 6.07 Å². The van der Waals surface area contributed by atoms with Crippen molar-refractivity contribution in [1.29, 1.82) is 0 Å². The monoisotopic (exact) mass is 265 g/mol. The van der Waals surface area contributed by atoms with Gasteiger partial charge in [-0.2, -0.15) is 0 Å². The number of hydrogen-bond acceptors (Lipinski definition) is 3. The Morgan fingerprint density at radius 2 is 2.06 bits per heavy atom. The van der Waals surface area contributed by atoms with Gasteiger partial charge in [0, 0.05) is 18.1 Å². The summed E-state index contributed by atoms with van der Waals surface area (Å²) in [6, 6.07) is 5.76. The van der Waals surface area contributed by atoms with Gasteiger partial charge in [-0.1, -0.05) is 18.5 Å². The van der Waals surface area contributed by atoms with E-state index >= 15 is 0 Å². The molecule has 0 aliphatic rings. The highest BCUT2D eigenvalue weighted by atomic mass is 35.5. The summed E-state index contributed by atoms with van der Waals surface area (Å²) in [5, 5.41) is 0.442. The molecule has 0 aliphatic heterocycles. The summed E-state index contributed by atoms with van der Waals surface area (Å²) in [6.45, 7) is 2.03. The molecule has 5 heteroatoms. The molecule has 0 unspecified atom stereocenters. The molecule has 1 heterocycles. The number of nitrogens with zero attached hydrogens (tertiary/aromatic N) is 2. The lowest BCUT2D eigenvalue weighted by molar-refractivity contribution is 0.628. The van der Waals surface area contributed by atoms with Crippen LogP contribution in [-0.2, 0) is 6.42 Å². The van der Waals surface area contributed by atoms with Crippen LogP contribution in [0.15, 0.2) is 24.3 Å². The summed E-state index contributed by atoms with van der Waals surface area (Å²) < 4.78 is 13.2. The number of aromatic nitrogens is 2. The second-order valence-corrected chi connectivity index (χ2v) is 4.38. The van der Waals surface area contributed by atoms with Crippen LogP contribution < -0.4 is 5.73 Å². The zero-order valence-corrected chi connectivity index (χ0v) is 10.7. The molecule has 0 spiro atoms. The molecule has 0 aliphatic carbocycles. The molecule has 18 heavy (non-hydrogen) atoms. The van der Waals surface area contributed by atoms with Gasteiger partial charge in [-0.3, -0.25) is 0 Å². The Hall–Kier alpha value is -1.68. The van der Waals surface area contributed by atoms with Crippen molar-refractivity contribution < 1.29 is 4.39 Å². The lowest BCUT2D eigenvalue weighted by Gasteiger charge is -2.07. The van der Waals surface area contributed by atoms with Gasteiger partial charge in [-0.15, -0.1) is 0 Å². The standard InChI is InChI=1S/C13H13ClFN3/c1-2-3-13-17-11(7-12(16)18-13)9-6-8(15)4-5-10(9)14/h4-7H,2-3H2,1H3,(H2,16,17,18). The lowest BCUT2D eigenvalue weighted by Crippen LogP contribution is -2.01. The first kappa shape index (κ1) is 12.8. The van der Waals surface area contributed by atoms with Gasteiger partial charge in [0.1, 0.15) is 17.5 Å². The second-order valence-electron chi connectivity index (χ2n) is 3.97. The number of anilines is 1. The second kappa shape index (κ2) is 5.31. The van der Waals surface area contributed by atoms with Crippen LogP contribution in [0.25, 0.3) is 11.3 Å². The minimum Gasteiger partial charge on any atom is -0.384 e. The van der Waals surface area contributed by atoms with Gasteiger partial charge >= 0.3 is 0 Å². The van der Waals surface area contributed by atoms with Crippen molar-refractivity contribution in [3.8, 4) is 11.3 Å². The van der Waals surface area contributed by atoms with E-state index < -0.39 is 0 Å². The lowest BCUT2D eigenvalue weighted by atomic mass is 10.1. The maximum Gasteiger partial charge on any atom is 0.131 e. The summed E-state index contributed by atoms with van der Waals surface area (Å²) in [6.07, 6.45) is 1.64. The summed E-state index contributed by atoms with van der Waals surface area (Å²) >= 11 is 6.04. The Kier molecular flexibility index (Phi) is 3.77. The molecule has 1 aromatic carbocycles. The van der Waals surface area contributed by atoms with Crippen molar-refractivity contribution in [2.75, 3.05) is 5.73 Å². The Morgan fingerprint density at radius 1 is 1.28 bits per heavy atom. The normalized spacial score (nSPS) is 10.6. The smallest absolute Gasteiger partial charge is 0.131 e. The molecule has 0 atom stereocenters.